The number of ketones is 1. The van der Waals surface area contributed by atoms with E-state index < -0.39 is 0 Å². The number of esters is 1. The van der Waals surface area contributed by atoms with Gasteiger partial charge in [-0.3, -0.25) is 4.79 Å². The summed E-state index contributed by atoms with van der Waals surface area (Å²) in [6, 6.07) is 0. The maximum atomic E-state index is 13.1. The Kier molecular flexibility index (Phi) is 5.31. The average molecular weight is 439 g/mol. The third kappa shape index (κ3) is 2.97. The Morgan fingerprint density at radius 2 is 1.97 bits per heavy atom. The second-order valence-corrected chi connectivity index (χ2v) is 11.7. The summed E-state index contributed by atoms with van der Waals surface area (Å²) in [5, 5.41) is 9.50. The summed E-state index contributed by atoms with van der Waals surface area (Å²) < 4.78 is 5.85. The minimum absolute atomic E-state index is 0.100. The van der Waals surface area contributed by atoms with Crippen LogP contribution in [0.15, 0.2) is 34.9 Å². The minimum Gasteiger partial charge on any atom is -0.458 e. The van der Waals surface area contributed by atoms with Gasteiger partial charge in [0.05, 0.1) is 17.6 Å². The van der Waals surface area contributed by atoms with E-state index in [4.69, 9.17) is 4.74 Å². The zero-order valence-corrected chi connectivity index (χ0v) is 20.0. The number of Topliss-reactive ketones (excluding diaryl/α,β-unsaturated/α-hetero) is 1. The van der Waals surface area contributed by atoms with Gasteiger partial charge in [0, 0.05) is 12.8 Å². The lowest BCUT2D eigenvalue weighted by Crippen LogP contribution is -2.52. The Balaban J connectivity index is 1.39. The second-order valence-electron chi connectivity index (χ2n) is 11.7. The third-order valence-electron chi connectivity index (χ3n) is 10.5. The smallest absolute Gasteiger partial charge is 0.336 e. The Morgan fingerprint density at radius 3 is 2.69 bits per heavy atom. The summed E-state index contributed by atoms with van der Waals surface area (Å²) in [6.45, 7) is 8.70. The van der Waals surface area contributed by atoms with Crippen molar-refractivity contribution in [2.24, 2.45) is 40.4 Å². The molecule has 8 atom stereocenters. The number of carbonyl (C=O) groups is 2. The molecule has 174 valence electrons. The van der Waals surface area contributed by atoms with Crippen molar-refractivity contribution < 1.29 is 19.4 Å². The van der Waals surface area contributed by atoms with E-state index in [-0.39, 0.29) is 29.5 Å². The standard InChI is InChI=1S/C28H38O4/c1-16-14-24(32-26(31)20(16)15-29)17(2)21-10-11-22-19-9-8-18-6-5-7-25(30)28(18,4)23(19)12-13-27(21,22)3/h5-6,8,17,19,21-24,29H,7,9-15H2,1-4H3. The first-order valence-electron chi connectivity index (χ1n) is 12.6. The van der Waals surface area contributed by atoms with Crippen molar-refractivity contribution in [3.63, 3.8) is 0 Å². The van der Waals surface area contributed by atoms with Gasteiger partial charge in [0.2, 0.25) is 0 Å². The van der Waals surface area contributed by atoms with Crippen LogP contribution in [0.25, 0.3) is 0 Å². The van der Waals surface area contributed by atoms with Gasteiger partial charge in [-0.15, -0.1) is 0 Å². The van der Waals surface area contributed by atoms with Gasteiger partial charge in [0.25, 0.3) is 0 Å². The number of rotatable bonds is 3. The highest BCUT2D eigenvalue weighted by atomic mass is 16.5. The van der Waals surface area contributed by atoms with Crippen LogP contribution in [0.1, 0.15) is 72.6 Å². The molecule has 2 saturated carbocycles. The molecule has 1 aliphatic heterocycles. The van der Waals surface area contributed by atoms with Crippen LogP contribution in [-0.4, -0.2) is 29.6 Å². The molecule has 0 aromatic rings. The third-order valence-corrected chi connectivity index (χ3v) is 10.5. The lowest BCUT2D eigenvalue weighted by atomic mass is 9.47. The van der Waals surface area contributed by atoms with Gasteiger partial charge < -0.3 is 9.84 Å². The fourth-order valence-electron chi connectivity index (χ4n) is 8.64. The van der Waals surface area contributed by atoms with Crippen molar-refractivity contribution >= 4 is 11.8 Å². The normalized spacial score (nSPS) is 44.4. The second kappa shape index (κ2) is 7.68. The molecule has 0 saturated heterocycles. The number of carbonyl (C=O) groups excluding carboxylic acids is 2. The number of allylic oxidation sites excluding steroid dienone is 4. The molecule has 0 amide bonds. The molecule has 1 heterocycles. The monoisotopic (exact) mass is 438 g/mol. The van der Waals surface area contributed by atoms with Crippen LogP contribution in [-0.2, 0) is 14.3 Å². The molecule has 8 unspecified atom stereocenters. The van der Waals surface area contributed by atoms with Crippen molar-refractivity contribution in [3.05, 3.63) is 34.9 Å². The number of aliphatic hydroxyl groups excluding tert-OH is 1. The number of cyclic esters (lactones) is 1. The topological polar surface area (TPSA) is 63.6 Å². The molecular weight excluding hydrogens is 400 g/mol. The highest BCUT2D eigenvalue weighted by Gasteiger charge is 2.60. The van der Waals surface area contributed by atoms with Crippen LogP contribution in [0.3, 0.4) is 0 Å². The predicted molar refractivity (Wildman–Crippen MR) is 124 cm³/mol. The summed E-state index contributed by atoms with van der Waals surface area (Å²) in [6.07, 6.45) is 13.6. The molecule has 0 aromatic carbocycles. The van der Waals surface area contributed by atoms with Gasteiger partial charge in [-0.25, -0.2) is 4.79 Å². The Bertz CT molecular complexity index is 926. The molecule has 4 heteroatoms. The van der Waals surface area contributed by atoms with E-state index >= 15 is 0 Å². The number of hydrogen-bond acceptors (Lipinski definition) is 4. The van der Waals surface area contributed by atoms with Gasteiger partial charge >= 0.3 is 5.97 Å². The van der Waals surface area contributed by atoms with E-state index in [0.717, 1.165) is 31.3 Å². The molecule has 4 aliphatic carbocycles. The molecule has 1 N–H and O–H groups in total. The number of hydrogen-bond donors (Lipinski definition) is 1. The molecule has 5 rings (SSSR count). The molecular formula is C28H38O4. The molecule has 2 fully saturated rings. The largest absolute Gasteiger partial charge is 0.458 e. The Morgan fingerprint density at radius 1 is 1.19 bits per heavy atom. The molecule has 32 heavy (non-hydrogen) atoms. The molecule has 5 aliphatic rings. The van der Waals surface area contributed by atoms with Gasteiger partial charge in [-0.2, -0.15) is 0 Å². The lowest BCUT2D eigenvalue weighted by Gasteiger charge is -2.56. The summed E-state index contributed by atoms with van der Waals surface area (Å²) in [5.41, 5.74) is 2.61. The number of fused-ring (bicyclic) bond motifs is 5. The minimum atomic E-state index is -0.335. The Labute approximate surface area is 192 Å². The predicted octanol–water partition coefficient (Wildman–Crippen LogP) is 5.17. The van der Waals surface area contributed by atoms with Crippen LogP contribution < -0.4 is 0 Å². The van der Waals surface area contributed by atoms with Crippen molar-refractivity contribution in [1.29, 1.82) is 0 Å². The molecule has 0 spiro atoms. The zero-order chi connectivity index (χ0) is 22.8. The first kappa shape index (κ1) is 22.1. The van der Waals surface area contributed by atoms with Crippen LogP contribution in [0.4, 0.5) is 0 Å². The number of aliphatic hydroxyl groups is 1. The first-order valence-corrected chi connectivity index (χ1v) is 12.6. The molecule has 0 radical (unpaired) electrons. The summed E-state index contributed by atoms with van der Waals surface area (Å²) in [4.78, 5) is 25.5. The van der Waals surface area contributed by atoms with Crippen molar-refractivity contribution in [3.8, 4) is 0 Å². The molecule has 0 bridgehead atoms. The van der Waals surface area contributed by atoms with Gasteiger partial charge in [-0.1, -0.05) is 37.6 Å². The van der Waals surface area contributed by atoms with E-state index in [9.17, 15) is 14.7 Å². The van der Waals surface area contributed by atoms with Gasteiger partial charge in [0.1, 0.15) is 11.9 Å². The zero-order valence-electron chi connectivity index (χ0n) is 20.0. The number of ether oxygens (including phenoxy) is 1. The van der Waals surface area contributed by atoms with E-state index in [1.54, 1.807) is 0 Å². The van der Waals surface area contributed by atoms with Crippen molar-refractivity contribution in [2.45, 2.75) is 78.7 Å². The van der Waals surface area contributed by atoms with Gasteiger partial charge in [0.15, 0.2) is 0 Å². The summed E-state index contributed by atoms with van der Waals surface area (Å²) in [7, 11) is 0. The van der Waals surface area contributed by atoms with Crippen LogP contribution in [0.5, 0.6) is 0 Å². The van der Waals surface area contributed by atoms with Crippen LogP contribution in [0, 0.1) is 40.4 Å². The Hall–Kier alpha value is -1.68. The maximum Gasteiger partial charge on any atom is 0.336 e. The van der Waals surface area contributed by atoms with Crippen LogP contribution in [0.2, 0.25) is 0 Å². The van der Waals surface area contributed by atoms with Crippen molar-refractivity contribution in [2.75, 3.05) is 6.61 Å². The van der Waals surface area contributed by atoms with E-state index in [1.807, 2.05) is 13.0 Å². The van der Waals surface area contributed by atoms with E-state index in [1.165, 1.54) is 18.4 Å². The summed E-state index contributed by atoms with van der Waals surface area (Å²) in [5.74, 6) is 2.55. The van der Waals surface area contributed by atoms with E-state index in [0.29, 0.717) is 47.4 Å². The fraction of sp³-hybridized carbons (Fsp3) is 0.714. The quantitative estimate of drug-likeness (QED) is 0.618. The molecule has 0 aromatic heterocycles. The summed E-state index contributed by atoms with van der Waals surface area (Å²) >= 11 is 0. The first-order chi connectivity index (χ1) is 15.2. The van der Waals surface area contributed by atoms with Gasteiger partial charge in [-0.05, 0) is 86.5 Å². The maximum absolute atomic E-state index is 13.1. The highest BCUT2D eigenvalue weighted by Crippen LogP contribution is 2.66. The van der Waals surface area contributed by atoms with E-state index in [2.05, 4.69) is 32.9 Å². The SMILES string of the molecule is CC1=C(CO)C(=O)OC(C(C)C2CCC3C4CC=C5C=CCC(=O)C5(C)C4CCC23C)C1. The van der Waals surface area contributed by atoms with Crippen molar-refractivity contribution in [1.82, 2.24) is 0 Å². The molecule has 4 nitrogen and oxygen atoms in total. The average Bonchev–Trinajstić information content (AvgIpc) is 3.11. The van der Waals surface area contributed by atoms with Crippen LogP contribution >= 0.6 is 0 Å². The highest BCUT2D eigenvalue weighted by molar-refractivity contribution is 5.92. The fourth-order valence-corrected chi connectivity index (χ4v) is 8.64. The lowest BCUT2D eigenvalue weighted by molar-refractivity contribution is -0.152.